The van der Waals surface area contributed by atoms with Crippen LogP contribution in [0.1, 0.15) is 18.6 Å². The molecule has 0 fully saturated rings. The Hall–Kier alpha value is -0.750. The fraction of sp³-hybridized carbons (Fsp3) is 0.364. The maximum Gasteiger partial charge on any atom is 0.185 e. The zero-order valence-electron chi connectivity index (χ0n) is 9.13. The topological polar surface area (TPSA) is 77.8 Å². The van der Waals surface area contributed by atoms with Gasteiger partial charge in [0.1, 0.15) is 11.9 Å². The van der Waals surface area contributed by atoms with Crippen LogP contribution < -0.4 is 0 Å². The van der Waals surface area contributed by atoms with Crippen LogP contribution in [0, 0.1) is 0 Å². The van der Waals surface area contributed by atoms with Crippen LogP contribution in [-0.4, -0.2) is 32.3 Å². The molecule has 0 spiro atoms. The third-order valence-electron chi connectivity index (χ3n) is 2.14. The van der Waals surface area contributed by atoms with Gasteiger partial charge >= 0.3 is 0 Å². The molecule has 2 atom stereocenters. The highest BCUT2D eigenvalue weighted by Gasteiger charge is 2.19. The van der Waals surface area contributed by atoms with E-state index < -0.39 is 12.2 Å². The van der Waals surface area contributed by atoms with Crippen LogP contribution in [0.4, 0.5) is 0 Å². The van der Waals surface area contributed by atoms with Crippen molar-refractivity contribution in [2.24, 2.45) is 0 Å². The van der Waals surface area contributed by atoms with Crippen molar-refractivity contribution < 1.29 is 20.1 Å². The number of phenolic OH excluding ortho intramolecular Hbond substituents is 1. The number of carbonyl (C=O) groups is 1. The Kier molecular flexibility index (Phi) is 5.27. The number of hydrogen-bond donors (Lipinski definition) is 3. The summed E-state index contributed by atoms with van der Waals surface area (Å²) < 4.78 is 0. The Morgan fingerprint density at radius 3 is 2.65 bits per heavy atom. The molecule has 3 N–H and O–H groups in total. The van der Waals surface area contributed by atoms with Crippen LogP contribution in [0.25, 0.3) is 0 Å². The molecule has 0 aliphatic heterocycles. The molecule has 0 aliphatic carbocycles. The van der Waals surface area contributed by atoms with Gasteiger partial charge in [0, 0.05) is 12.7 Å². The first-order valence-electron chi connectivity index (χ1n) is 4.89. The van der Waals surface area contributed by atoms with Gasteiger partial charge < -0.3 is 15.3 Å². The Bertz CT molecular complexity index is 410. The molecule has 94 valence electrons. The summed E-state index contributed by atoms with van der Waals surface area (Å²) in [7, 11) is 0. The molecule has 1 rings (SSSR count). The van der Waals surface area contributed by atoms with E-state index in [1.807, 2.05) is 0 Å². The molecule has 17 heavy (non-hydrogen) atoms. The molecule has 0 saturated heterocycles. The summed E-state index contributed by atoms with van der Waals surface area (Å²) >= 11 is 6.63. The fourth-order valence-electron chi connectivity index (χ4n) is 1.22. The quantitative estimate of drug-likeness (QED) is 0.780. The first-order chi connectivity index (χ1) is 7.91. The summed E-state index contributed by atoms with van der Waals surface area (Å²) in [6.07, 6.45) is -2.20. The van der Waals surface area contributed by atoms with Crippen molar-refractivity contribution >= 4 is 28.5 Å². The van der Waals surface area contributed by atoms with E-state index in [2.05, 4.69) is 0 Å². The lowest BCUT2D eigenvalue weighted by molar-refractivity contribution is -0.109. The van der Waals surface area contributed by atoms with Gasteiger partial charge in [-0.1, -0.05) is 29.4 Å². The number of halogens is 1. The first kappa shape index (κ1) is 14.3. The lowest BCUT2D eigenvalue weighted by Crippen LogP contribution is -2.21. The molecule has 0 aliphatic rings. The van der Waals surface area contributed by atoms with Crippen molar-refractivity contribution in [3.8, 4) is 5.75 Å². The highest BCUT2D eigenvalue weighted by molar-refractivity contribution is 8.13. The Morgan fingerprint density at radius 2 is 2.12 bits per heavy atom. The van der Waals surface area contributed by atoms with Gasteiger partial charge in [-0.25, -0.2) is 0 Å². The van der Waals surface area contributed by atoms with Crippen molar-refractivity contribution in [3.05, 3.63) is 28.8 Å². The summed E-state index contributed by atoms with van der Waals surface area (Å²) in [5.41, 5.74) is 0.393. The van der Waals surface area contributed by atoms with Crippen molar-refractivity contribution in [2.75, 3.05) is 5.75 Å². The molecule has 2 unspecified atom stereocenters. The van der Waals surface area contributed by atoms with Crippen molar-refractivity contribution in [2.45, 2.75) is 19.1 Å². The average Bonchev–Trinajstić information content (AvgIpc) is 2.28. The number of thioether (sulfide) groups is 1. The van der Waals surface area contributed by atoms with Crippen LogP contribution in [0.15, 0.2) is 18.2 Å². The van der Waals surface area contributed by atoms with Crippen LogP contribution in [0.5, 0.6) is 5.75 Å². The molecule has 0 bridgehead atoms. The predicted octanol–water partition coefficient (Wildman–Crippen LogP) is 1.72. The average molecular weight is 277 g/mol. The van der Waals surface area contributed by atoms with Gasteiger partial charge in [0.25, 0.3) is 0 Å². The molecule has 0 saturated carbocycles. The van der Waals surface area contributed by atoms with Crippen molar-refractivity contribution in [1.82, 2.24) is 0 Å². The molecular weight excluding hydrogens is 264 g/mol. The van der Waals surface area contributed by atoms with Gasteiger partial charge in [0.05, 0.1) is 11.1 Å². The van der Waals surface area contributed by atoms with E-state index >= 15 is 0 Å². The van der Waals surface area contributed by atoms with Crippen LogP contribution in [0.3, 0.4) is 0 Å². The number of aromatic hydroxyl groups is 1. The van der Waals surface area contributed by atoms with E-state index in [1.165, 1.54) is 25.1 Å². The van der Waals surface area contributed by atoms with E-state index in [9.17, 15) is 20.1 Å². The minimum Gasteiger partial charge on any atom is -0.506 e. The number of benzene rings is 1. The number of rotatable bonds is 4. The molecule has 0 heterocycles. The van der Waals surface area contributed by atoms with Gasteiger partial charge in [0.15, 0.2) is 5.12 Å². The zero-order chi connectivity index (χ0) is 13.0. The third-order valence-corrected chi connectivity index (χ3v) is 3.35. The minimum absolute atomic E-state index is 0.0878. The zero-order valence-corrected chi connectivity index (χ0v) is 10.7. The highest BCUT2D eigenvalue weighted by Crippen LogP contribution is 2.28. The number of aliphatic hydroxyl groups is 2. The van der Waals surface area contributed by atoms with E-state index in [0.29, 0.717) is 5.56 Å². The first-order valence-corrected chi connectivity index (χ1v) is 6.26. The van der Waals surface area contributed by atoms with Crippen LogP contribution in [-0.2, 0) is 4.79 Å². The number of hydrogen-bond acceptors (Lipinski definition) is 5. The minimum atomic E-state index is -1.14. The largest absolute Gasteiger partial charge is 0.506 e. The second-order valence-corrected chi connectivity index (χ2v) is 5.13. The molecular formula is C11H13ClO4S. The highest BCUT2D eigenvalue weighted by atomic mass is 35.5. The summed E-state index contributed by atoms with van der Waals surface area (Å²) in [5.74, 6) is 0.0184. The van der Waals surface area contributed by atoms with Crippen LogP contribution >= 0.6 is 23.4 Å². The smallest absolute Gasteiger partial charge is 0.185 e. The summed E-state index contributed by atoms with van der Waals surface area (Å²) in [6.45, 7) is 1.39. The molecule has 1 aromatic rings. The lowest BCUT2D eigenvalue weighted by atomic mass is 10.1. The summed E-state index contributed by atoms with van der Waals surface area (Å²) in [5, 5.41) is 28.6. The Balaban J connectivity index is 2.70. The SMILES string of the molecule is CC(=O)SCC(O)C(O)c1ccc(O)c(Cl)c1. The van der Waals surface area contributed by atoms with Crippen molar-refractivity contribution in [3.63, 3.8) is 0 Å². The molecule has 6 heteroatoms. The Labute approximate surface area is 108 Å². The third kappa shape index (κ3) is 4.20. The van der Waals surface area contributed by atoms with E-state index in [-0.39, 0.29) is 21.6 Å². The van der Waals surface area contributed by atoms with Crippen molar-refractivity contribution in [1.29, 1.82) is 0 Å². The van der Waals surface area contributed by atoms with Gasteiger partial charge in [-0.3, -0.25) is 4.79 Å². The summed E-state index contributed by atoms with van der Waals surface area (Å²) in [6, 6.07) is 4.18. The van der Waals surface area contributed by atoms with Crippen LogP contribution in [0.2, 0.25) is 5.02 Å². The van der Waals surface area contributed by atoms with Gasteiger partial charge in [0.2, 0.25) is 0 Å². The van der Waals surface area contributed by atoms with E-state index in [1.54, 1.807) is 0 Å². The lowest BCUT2D eigenvalue weighted by Gasteiger charge is -2.17. The second kappa shape index (κ2) is 6.26. The summed E-state index contributed by atoms with van der Waals surface area (Å²) in [4.78, 5) is 10.7. The van der Waals surface area contributed by atoms with E-state index in [0.717, 1.165) is 11.8 Å². The number of carbonyl (C=O) groups excluding carboxylic acids is 1. The monoisotopic (exact) mass is 276 g/mol. The molecule has 1 aromatic carbocycles. The maximum atomic E-state index is 10.7. The standard InChI is InChI=1S/C11H13ClO4S/c1-6(13)17-5-10(15)11(16)7-2-3-9(14)8(12)4-7/h2-4,10-11,14-16H,5H2,1H3. The number of phenols is 1. The van der Waals surface area contributed by atoms with Gasteiger partial charge in [-0.2, -0.15) is 0 Å². The maximum absolute atomic E-state index is 10.7. The normalized spacial score (nSPS) is 14.4. The van der Waals surface area contributed by atoms with Gasteiger partial charge in [-0.05, 0) is 17.7 Å². The molecule has 0 radical (unpaired) electrons. The van der Waals surface area contributed by atoms with E-state index in [4.69, 9.17) is 11.6 Å². The fourth-order valence-corrected chi connectivity index (χ4v) is 2.00. The Morgan fingerprint density at radius 1 is 1.47 bits per heavy atom. The molecule has 4 nitrogen and oxygen atoms in total. The second-order valence-electron chi connectivity index (χ2n) is 3.53. The number of aliphatic hydroxyl groups excluding tert-OH is 2. The molecule has 0 amide bonds. The molecule has 0 aromatic heterocycles. The van der Waals surface area contributed by atoms with Gasteiger partial charge in [-0.15, -0.1) is 0 Å². The predicted molar refractivity (Wildman–Crippen MR) is 67.2 cm³/mol.